The molecule has 1 amide bonds. The maximum Gasteiger partial charge on any atom is 0.220 e. The van der Waals surface area contributed by atoms with Crippen molar-refractivity contribution in [1.29, 1.82) is 0 Å². The summed E-state index contributed by atoms with van der Waals surface area (Å²) in [6.07, 6.45) is 4.09. The van der Waals surface area contributed by atoms with Crippen LogP contribution in [0.15, 0.2) is 0 Å². The maximum atomic E-state index is 11.7. The molecule has 2 N–H and O–H groups in total. The van der Waals surface area contributed by atoms with E-state index in [0.29, 0.717) is 18.4 Å². The van der Waals surface area contributed by atoms with Gasteiger partial charge in [-0.3, -0.25) is 4.79 Å². The maximum absolute atomic E-state index is 11.7. The Morgan fingerprint density at radius 1 is 1.45 bits per heavy atom. The highest BCUT2D eigenvalue weighted by Crippen LogP contribution is 2.13. The largest absolute Gasteiger partial charge is 0.355 e. The second-order valence-corrected chi connectivity index (χ2v) is 5.49. The van der Waals surface area contributed by atoms with Gasteiger partial charge in [0.25, 0.3) is 0 Å². The molecule has 0 bridgehead atoms. The molecule has 1 saturated heterocycles. The van der Waals surface area contributed by atoms with Crippen molar-refractivity contribution >= 4 is 30.7 Å². The zero-order chi connectivity index (χ0) is 13.4. The average Bonchev–Trinajstić information content (AvgIpc) is 2.88. The number of amides is 1. The first kappa shape index (κ1) is 22.3. The number of hydrogen-bond donors (Lipinski definition) is 2. The Morgan fingerprint density at radius 3 is 2.70 bits per heavy atom. The van der Waals surface area contributed by atoms with Crippen LogP contribution in [0.25, 0.3) is 0 Å². The van der Waals surface area contributed by atoms with Gasteiger partial charge in [0.2, 0.25) is 5.91 Å². The predicted molar refractivity (Wildman–Crippen MR) is 90.1 cm³/mol. The fourth-order valence-corrected chi connectivity index (χ4v) is 2.29. The molecule has 0 aliphatic carbocycles. The van der Waals surface area contributed by atoms with E-state index in [1.165, 1.54) is 6.42 Å². The minimum Gasteiger partial charge on any atom is -0.355 e. The molecule has 1 aliphatic rings. The molecule has 1 aliphatic heterocycles. The molecule has 1 heterocycles. The SMILES string of the molecule is CCC(C)N(C)CCNC(=O)CCC1CCNC1.Cl.Cl. The van der Waals surface area contributed by atoms with Gasteiger partial charge in [0, 0.05) is 25.6 Å². The quantitative estimate of drug-likeness (QED) is 0.717. The standard InChI is InChI=1S/C14H29N3O.2ClH/c1-4-12(2)17(3)10-9-16-14(18)6-5-13-7-8-15-11-13;;/h12-13,15H,4-11H2,1-3H3,(H,16,18);2*1H. The van der Waals surface area contributed by atoms with Crippen molar-refractivity contribution < 1.29 is 4.79 Å². The summed E-state index contributed by atoms with van der Waals surface area (Å²) >= 11 is 0. The first-order valence-electron chi connectivity index (χ1n) is 7.31. The van der Waals surface area contributed by atoms with Gasteiger partial charge in [-0.2, -0.15) is 0 Å². The minimum atomic E-state index is 0. The number of nitrogens with zero attached hydrogens (tertiary/aromatic N) is 1. The molecule has 20 heavy (non-hydrogen) atoms. The van der Waals surface area contributed by atoms with Crippen LogP contribution in [0.1, 0.15) is 39.5 Å². The molecule has 0 aromatic carbocycles. The van der Waals surface area contributed by atoms with Gasteiger partial charge in [0.1, 0.15) is 0 Å². The number of halogens is 2. The van der Waals surface area contributed by atoms with Crippen molar-refractivity contribution in [2.45, 2.75) is 45.6 Å². The normalized spacial score (nSPS) is 19.1. The highest BCUT2D eigenvalue weighted by atomic mass is 35.5. The van der Waals surface area contributed by atoms with Crippen LogP contribution in [0.3, 0.4) is 0 Å². The van der Waals surface area contributed by atoms with Gasteiger partial charge in [-0.25, -0.2) is 0 Å². The van der Waals surface area contributed by atoms with E-state index in [4.69, 9.17) is 0 Å². The Labute approximate surface area is 136 Å². The van der Waals surface area contributed by atoms with Crippen LogP contribution in [-0.2, 0) is 4.79 Å². The van der Waals surface area contributed by atoms with Gasteiger partial charge in [-0.1, -0.05) is 6.92 Å². The zero-order valence-electron chi connectivity index (χ0n) is 13.0. The molecular weight excluding hydrogens is 297 g/mol. The Kier molecular flexibility index (Phi) is 14.1. The monoisotopic (exact) mass is 327 g/mol. The van der Waals surface area contributed by atoms with Gasteiger partial charge < -0.3 is 15.5 Å². The molecule has 1 rings (SSSR count). The van der Waals surface area contributed by atoms with E-state index < -0.39 is 0 Å². The van der Waals surface area contributed by atoms with Crippen LogP contribution >= 0.6 is 24.8 Å². The summed E-state index contributed by atoms with van der Waals surface area (Å²) in [4.78, 5) is 14.0. The van der Waals surface area contributed by atoms with Gasteiger partial charge >= 0.3 is 0 Å². The summed E-state index contributed by atoms with van der Waals surface area (Å²) in [5, 5.41) is 6.35. The van der Waals surface area contributed by atoms with Crippen molar-refractivity contribution in [3.63, 3.8) is 0 Å². The van der Waals surface area contributed by atoms with Crippen molar-refractivity contribution in [3.05, 3.63) is 0 Å². The third-order valence-corrected chi connectivity index (χ3v) is 4.07. The third-order valence-electron chi connectivity index (χ3n) is 4.07. The second-order valence-electron chi connectivity index (χ2n) is 5.49. The number of carbonyl (C=O) groups excluding carboxylic acids is 1. The zero-order valence-corrected chi connectivity index (χ0v) is 14.6. The van der Waals surface area contributed by atoms with Crippen LogP contribution in [-0.4, -0.2) is 50.1 Å². The Bertz CT molecular complexity index is 249. The Hall–Kier alpha value is -0.0300. The van der Waals surface area contributed by atoms with E-state index in [-0.39, 0.29) is 30.7 Å². The van der Waals surface area contributed by atoms with Crippen molar-refractivity contribution in [2.75, 3.05) is 33.2 Å². The first-order valence-corrected chi connectivity index (χ1v) is 7.31. The summed E-state index contributed by atoms with van der Waals surface area (Å²) in [7, 11) is 2.12. The van der Waals surface area contributed by atoms with E-state index in [9.17, 15) is 4.79 Å². The highest BCUT2D eigenvalue weighted by Gasteiger charge is 2.15. The molecule has 6 heteroatoms. The summed E-state index contributed by atoms with van der Waals surface area (Å²) < 4.78 is 0. The lowest BCUT2D eigenvalue weighted by Crippen LogP contribution is -2.37. The van der Waals surface area contributed by atoms with Crippen LogP contribution in [0, 0.1) is 5.92 Å². The highest BCUT2D eigenvalue weighted by molar-refractivity contribution is 5.85. The molecule has 1 fully saturated rings. The van der Waals surface area contributed by atoms with E-state index in [2.05, 4.69) is 36.4 Å². The van der Waals surface area contributed by atoms with E-state index in [1.54, 1.807) is 0 Å². The molecule has 0 aromatic rings. The molecule has 0 aromatic heterocycles. The summed E-state index contributed by atoms with van der Waals surface area (Å²) in [6, 6.07) is 0.589. The van der Waals surface area contributed by atoms with Gasteiger partial charge in [0.15, 0.2) is 0 Å². The fraction of sp³-hybridized carbons (Fsp3) is 0.929. The summed E-state index contributed by atoms with van der Waals surface area (Å²) in [5.41, 5.74) is 0. The third kappa shape index (κ3) is 9.01. The Balaban J connectivity index is 0. The van der Waals surface area contributed by atoms with Crippen molar-refractivity contribution in [2.24, 2.45) is 5.92 Å². The van der Waals surface area contributed by atoms with Crippen molar-refractivity contribution in [1.82, 2.24) is 15.5 Å². The molecule has 2 atom stereocenters. The van der Waals surface area contributed by atoms with E-state index >= 15 is 0 Å². The lowest BCUT2D eigenvalue weighted by Gasteiger charge is -2.23. The average molecular weight is 328 g/mol. The van der Waals surface area contributed by atoms with Crippen molar-refractivity contribution in [3.8, 4) is 0 Å². The van der Waals surface area contributed by atoms with Crippen LogP contribution in [0.2, 0.25) is 0 Å². The molecule has 0 radical (unpaired) electrons. The van der Waals surface area contributed by atoms with Gasteiger partial charge in [-0.05, 0) is 52.2 Å². The van der Waals surface area contributed by atoms with Crippen LogP contribution in [0.5, 0.6) is 0 Å². The van der Waals surface area contributed by atoms with E-state index in [0.717, 1.165) is 39.0 Å². The topological polar surface area (TPSA) is 44.4 Å². The molecule has 2 unspecified atom stereocenters. The first-order chi connectivity index (χ1) is 8.63. The van der Waals surface area contributed by atoms with Crippen LogP contribution in [0.4, 0.5) is 0 Å². The van der Waals surface area contributed by atoms with Crippen LogP contribution < -0.4 is 10.6 Å². The number of nitrogens with one attached hydrogen (secondary N) is 2. The smallest absolute Gasteiger partial charge is 0.220 e. The number of carbonyl (C=O) groups is 1. The lowest BCUT2D eigenvalue weighted by molar-refractivity contribution is -0.121. The number of likely N-dealkylation sites (N-methyl/N-ethyl adjacent to an activating group) is 1. The molecule has 4 nitrogen and oxygen atoms in total. The predicted octanol–water partition coefficient (Wildman–Crippen LogP) is 2.07. The molecular formula is C14H31Cl2N3O. The summed E-state index contributed by atoms with van der Waals surface area (Å²) in [6.45, 7) is 8.31. The molecule has 0 saturated carbocycles. The minimum absolute atomic E-state index is 0. The van der Waals surface area contributed by atoms with Gasteiger partial charge in [0.05, 0.1) is 0 Å². The summed E-state index contributed by atoms with van der Waals surface area (Å²) in [5.74, 6) is 0.915. The fourth-order valence-electron chi connectivity index (χ4n) is 2.29. The number of rotatable bonds is 8. The molecule has 122 valence electrons. The lowest BCUT2D eigenvalue weighted by atomic mass is 10.0. The Morgan fingerprint density at radius 2 is 2.15 bits per heavy atom. The molecule has 0 spiro atoms. The van der Waals surface area contributed by atoms with E-state index in [1.807, 2.05) is 0 Å². The van der Waals surface area contributed by atoms with Gasteiger partial charge in [-0.15, -0.1) is 24.8 Å². The second kappa shape index (κ2) is 12.7. The number of hydrogen-bond acceptors (Lipinski definition) is 3.